The Balaban J connectivity index is 2.77. The van der Waals surface area contributed by atoms with Crippen LogP contribution in [0.25, 0.3) is 0 Å². The van der Waals surface area contributed by atoms with E-state index in [0.29, 0.717) is 23.9 Å². The average Bonchev–Trinajstić information content (AvgIpc) is 2.34. The zero-order valence-electron chi connectivity index (χ0n) is 10.2. The predicted molar refractivity (Wildman–Crippen MR) is 64.3 cm³/mol. The number of aryl methyl sites for hydroxylation is 1. The largest absolute Gasteiger partial charge is 0.477 e. The van der Waals surface area contributed by atoms with Crippen molar-refractivity contribution in [3.05, 3.63) is 17.6 Å². The lowest BCUT2D eigenvalue weighted by atomic mass is 10.2. The standard InChI is InChI=1S/C11H18N4O2/c1-3-4-5-6-17-11-9(10(12)15-16)7-13-8(2)14-11/h7,16H,3-6H2,1-2H3,(H2,12,15). The third-order valence-corrected chi connectivity index (χ3v) is 2.24. The molecule has 1 aromatic rings. The van der Waals surface area contributed by atoms with Crippen molar-refractivity contribution < 1.29 is 9.94 Å². The molecule has 6 heteroatoms. The van der Waals surface area contributed by atoms with Gasteiger partial charge in [-0.15, -0.1) is 0 Å². The Morgan fingerprint density at radius 2 is 2.29 bits per heavy atom. The van der Waals surface area contributed by atoms with Crippen LogP contribution in [0.3, 0.4) is 0 Å². The minimum absolute atomic E-state index is 0.0458. The number of ether oxygens (including phenoxy) is 1. The highest BCUT2D eigenvalue weighted by atomic mass is 16.5. The number of nitrogens with two attached hydrogens (primary N) is 1. The van der Waals surface area contributed by atoms with Crippen LogP contribution in [0.15, 0.2) is 11.4 Å². The van der Waals surface area contributed by atoms with Gasteiger partial charge in [-0.25, -0.2) is 4.98 Å². The highest BCUT2D eigenvalue weighted by molar-refractivity contribution is 5.98. The summed E-state index contributed by atoms with van der Waals surface area (Å²) in [6.45, 7) is 4.45. The fourth-order valence-corrected chi connectivity index (χ4v) is 1.31. The molecular formula is C11H18N4O2. The van der Waals surface area contributed by atoms with Gasteiger partial charge in [0.15, 0.2) is 5.84 Å². The number of amidine groups is 1. The zero-order chi connectivity index (χ0) is 12.7. The molecule has 0 amide bonds. The summed E-state index contributed by atoms with van der Waals surface area (Å²) in [4.78, 5) is 8.12. The maximum atomic E-state index is 8.64. The van der Waals surface area contributed by atoms with E-state index in [4.69, 9.17) is 15.7 Å². The molecule has 0 spiro atoms. The Kier molecular flexibility index (Phi) is 5.19. The van der Waals surface area contributed by atoms with Gasteiger partial charge in [0.2, 0.25) is 5.88 Å². The van der Waals surface area contributed by atoms with Crippen molar-refractivity contribution in [3.8, 4) is 5.88 Å². The van der Waals surface area contributed by atoms with Crippen LogP contribution < -0.4 is 10.5 Å². The van der Waals surface area contributed by atoms with E-state index >= 15 is 0 Å². The van der Waals surface area contributed by atoms with Crippen LogP contribution in [0.2, 0.25) is 0 Å². The molecule has 0 fully saturated rings. The van der Waals surface area contributed by atoms with Crippen LogP contribution in [-0.4, -0.2) is 27.6 Å². The molecule has 17 heavy (non-hydrogen) atoms. The summed E-state index contributed by atoms with van der Waals surface area (Å²) in [6, 6.07) is 0. The Morgan fingerprint density at radius 1 is 1.53 bits per heavy atom. The Hall–Kier alpha value is -1.85. The van der Waals surface area contributed by atoms with E-state index in [1.807, 2.05) is 0 Å². The van der Waals surface area contributed by atoms with Crippen molar-refractivity contribution in [2.45, 2.75) is 33.1 Å². The Bertz CT molecular complexity index is 393. The van der Waals surface area contributed by atoms with Gasteiger partial charge < -0.3 is 15.7 Å². The molecule has 0 aliphatic rings. The minimum atomic E-state index is -0.0458. The molecule has 0 radical (unpaired) electrons. The molecule has 1 heterocycles. The number of hydrogen-bond donors (Lipinski definition) is 2. The fourth-order valence-electron chi connectivity index (χ4n) is 1.31. The lowest BCUT2D eigenvalue weighted by Crippen LogP contribution is -2.17. The van der Waals surface area contributed by atoms with Gasteiger partial charge in [-0.2, -0.15) is 4.98 Å². The van der Waals surface area contributed by atoms with Crippen molar-refractivity contribution in [3.63, 3.8) is 0 Å². The molecule has 0 bridgehead atoms. The molecule has 1 aromatic heterocycles. The van der Waals surface area contributed by atoms with E-state index in [0.717, 1.165) is 19.3 Å². The van der Waals surface area contributed by atoms with E-state index in [9.17, 15) is 0 Å². The topological polar surface area (TPSA) is 93.6 Å². The summed E-state index contributed by atoms with van der Waals surface area (Å²) < 4.78 is 5.52. The second-order valence-corrected chi connectivity index (χ2v) is 3.68. The fraction of sp³-hybridized carbons (Fsp3) is 0.545. The van der Waals surface area contributed by atoms with Crippen molar-refractivity contribution in [2.75, 3.05) is 6.61 Å². The lowest BCUT2D eigenvalue weighted by Gasteiger charge is -2.09. The maximum absolute atomic E-state index is 8.64. The summed E-state index contributed by atoms with van der Waals surface area (Å²) in [5.74, 6) is 0.907. The van der Waals surface area contributed by atoms with Gasteiger partial charge in [-0.05, 0) is 13.3 Å². The monoisotopic (exact) mass is 238 g/mol. The first kappa shape index (κ1) is 13.2. The van der Waals surface area contributed by atoms with Crippen molar-refractivity contribution in [1.82, 2.24) is 9.97 Å². The molecule has 1 rings (SSSR count). The second-order valence-electron chi connectivity index (χ2n) is 3.68. The lowest BCUT2D eigenvalue weighted by molar-refractivity contribution is 0.291. The molecule has 6 nitrogen and oxygen atoms in total. The van der Waals surface area contributed by atoms with E-state index in [1.54, 1.807) is 6.92 Å². The molecule has 0 aliphatic heterocycles. The minimum Gasteiger partial charge on any atom is -0.477 e. The summed E-state index contributed by atoms with van der Waals surface area (Å²) >= 11 is 0. The van der Waals surface area contributed by atoms with Crippen molar-refractivity contribution >= 4 is 5.84 Å². The molecular weight excluding hydrogens is 220 g/mol. The van der Waals surface area contributed by atoms with Crippen LogP contribution in [0, 0.1) is 6.92 Å². The van der Waals surface area contributed by atoms with Crippen molar-refractivity contribution in [2.24, 2.45) is 10.9 Å². The summed E-state index contributed by atoms with van der Waals surface area (Å²) in [6.07, 6.45) is 4.67. The Labute approximate surface area is 101 Å². The number of unbranched alkanes of at least 4 members (excludes halogenated alkanes) is 2. The molecule has 94 valence electrons. The predicted octanol–water partition coefficient (Wildman–Crippen LogP) is 1.45. The first-order valence-electron chi connectivity index (χ1n) is 5.63. The molecule has 0 saturated heterocycles. The average molecular weight is 238 g/mol. The number of aromatic nitrogens is 2. The van der Waals surface area contributed by atoms with Gasteiger partial charge in [0.25, 0.3) is 0 Å². The first-order chi connectivity index (χ1) is 8.19. The number of rotatable bonds is 6. The second kappa shape index (κ2) is 6.67. The third-order valence-electron chi connectivity index (χ3n) is 2.24. The van der Waals surface area contributed by atoms with E-state index in [2.05, 4.69) is 22.0 Å². The zero-order valence-corrected chi connectivity index (χ0v) is 10.2. The first-order valence-corrected chi connectivity index (χ1v) is 5.63. The maximum Gasteiger partial charge on any atom is 0.228 e. The quantitative estimate of drug-likeness (QED) is 0.257. The van der Waals surface area contributed by atoms with Gasteiger partial charge >= 0.3 is 0 Å². The highest BCUT2D eigenvalue weighted by Gasteiger charge is 2.11. The molecule has 0 aromatic carbocycles. The summed E-state index contributed by atoms with van der Waals surface area (Å²) in [7, 11) is 0. The Morgan fingerprint density at radius 3 is 2.94 bits per heavy atom. The highest BCUT2D eigenvalue weighted by Crippen LogP contribution is 2.14. The van der Waals surface area contributed by atoms with Crippen LogP contribution in [0.5, 0.6) is 5.88 Å². The van der Waals surface area contributed by atoms with Gasteiger partial charge in [-0.3, -0.25) is 0 Å². The smallest absolute Gasteiger partial charge is 0.228 e. The van der Waals surface area contributed by atoms with Crippen molar-refractivity contribution in [1.29, 1.82) is 0 Å². The van der Waals surface area contributed by atoms with Crippen LogP contribution in [0.4, 0.5) is 0 Å². The molecule has 0 aliphatic carbocycles. The molecule has 3 N–H and O–H groups in total. The molecule has 0 atom stereocenters. The normalized spacial score (nSPS) is 11.5. The van der Waals surface area contributed by atoms with Gasteiger partial charge in [-0.1, -0.05) is 24.9 Å². The van der Waals surface area contributed by atoms with Crippen LogP contribution >= 0.6 is 0 Å². The summed E-state index contributed by atoms with van der Waals surface area (Å²) in [5, 5.41) is 11.6. The van der Waals surface area contributed by atoms with Crippen LogP contribution in [0.1, 0.15) is 37.6 Å². The third kappa shape index (κ3) is 3.90. The molecule has 0 saturated carbocycles. The number of hydrogen-bond acceptors (Lipinski definition) is 5. The SMILES string of the molecule is CCCCCOc1nc(C)ncc1C(N)=NO. The van der Waals surface area contributed by atoms with E-state index in [1.165, 1.54) is 6.20 Å². The van der Waals surface area contributed by atoms with Gasteiger partial charge in [0.1, 0.15) is 11.4 Å². The van der Waals surface area contributed by atoms with E-state index in [-0.39, 0.29) is 5.84 Å². The number of oxime groups is 1. The van der Waals surface area contributed by atoms with Gasteiger partial charge in [0, 0.05) is 6.20 Å². The number of nitrogens with zero attached hydrogens (tertiary/aromatic N) is 3. The summed E-state index contributed by atoms with van der Waals surface area (Å²) in [5.41, 5.74) is 5.93. The molecule has 0 unspecified atom stereocenters. The van der Waals surface area contributed by atoms with Crippen LogP contribution in [-0.2, 0) is 0 Å². The van der Waals surface area contributed by atoms with Gasteiger partial charge in [0.05, 0.1) is 6.61 Å². The van der Waals surface area contributed by atoms with E-state index < -0.39 is 0 Å².